The summed E-state index contributed by atoms with van der Waals surface area (Å²) in [5.41, 5.74) is 8.32. The zero-order valence-electron chi connectivity index (χ0n) is 10.9. The van der Waals surface area contributed by atoms with Crippen LogP contribution in [0.15, 0.2) is 24.3 Å². The summed E-state index contributed by atoms with van der Waals surface area (Å²) in [5, 5.41) is 0. The van der Waals surface area contributed by atoms with Gasteiger partial charge in [-0.25, -0.2) is 0 Å². The van der Waals surface area contributed by atoms with Crippen LogP contribution in [0.5, 0.6) is 0 Å². The van der Waals surface area contributed by atoms with Crippen LogP contribution in [0.2, 0.25) is 0 Å². The van der Waals surface area contributed by atoms with Gasteiger partial charge in [0.25, 0.3) is 0 Å². The van der Waals surface area contributed by atoms with Crippen molar-refractivity contribution in [2.24, 2.45) is 5.73 Å². The van der Waals surface area contributed by atoms with E-state index in [2.05, 4.69) is 50.1 Å². The largest absolute Gasteiger partial charge is 0.392 e. The first-order valence-electron chi connectivity index (χ1n) is 6.12. The Morgan fingerprint density at radius 1 is 1.47 bits per heavy atom. The Bertz CT molecular complexity index is 376. The average molecular weight is 250 g/mol. The number of aryl methyl sites for hydroxylation is 1. The van der Waals surface area contributed by atoms with Crippen LogP contribution < -0.4 is 5.73 Å². The Hall–Kier alpha value is -0.930. The van der Waals surface area contributed by atoms with E-state index in [1.54, 1.807) is 0 Å². The molecule has 0 bridgehead atoms. The van der Waals surface area contributed by atoms with Crippen LogP contribution in [0.3, 0.4) is 0 Å². The number of nitrogens with zero attached hydrogens (tertiary/aromatic N) is 1. The lowest BCUT2D eigenvalue weighted by atomic mass is 10.0. The van der Waals surface area contributed by atoms with Crippen molar-refractivity contribution < 1.29 is 0 Å². The van der Waals surface area contributed by atoms with Crippen LogP contribution in [0.25, 0.3) is 0 Å². The number of hydrogen-bond donors (Lipinski definition) is 1. The average Bonchev–Trinajstić information content (AvgIpc) is 2.26. The van der Waals surface area contributed by atoms with E-state index >= 15 is 0 Å². The Labute approximate surface area is 110 Å². The van der Waals surface area contributed by atoms with Crippen molar-refractivity contribution in [1.82, 2.24) is 4.90 Å². The minimum Gasteiger partial charge on any atom is -0.392 e. The van der Waals surface area contributed by atoms with Crippen LogP contribution in [-0.2, 0) is 0 Å². The number of rotatable bonds is 6. The van der Waals surface area contributed by atoms with E-state index < -0.39 is 0 Å². The normalized spacial score (nSPS) is 12.7. The molecule has 0 aliphatic heterocycles. The molecule has 94 valence electrons. The Morgan fingerprint density at radius 3 is 2.71 bits per heavy atom. The molecule has 1 aromatic rings. The molecule has 17 heavy (non-hydrogen) atoms. The molecular formula is C14H22N2S. The smallest absolute Gasteiger partial charge is 0.0948 e. The molecular weight excluding hydrogens is 228 g/mol. The molecule has 0 aliphatic rings. The lowest BCUT2D eigenvalue weighted by Crippen LogP contribution is -2.34. The van der Waals surface area contributed by atoms with Gasteiger partial charge in [0.2, 0.25) is 0 Å². The summed E-state index contributed by atoms with van der Waals surface area (Å²) in [7, 11) is 2.09. The number of unbranched alkanes of at least 4 members (excludes halogenated alkanes) is 1. The molecule has 1 unspecified atom stereocenters. The second-order valence-electron chi connectivity index (χ2n) is 4.55. The third kappa shape index (κ3) is 4.10. The summed E-state index contributed by atoms with van der Waals surface area (Å²) < 4.78 is 0. The van der Waals surface area contributed by atoms with Gasteiger partial charge in [0.15, 0.2) is 0 Å². The molecule has 2 N–H and O–H groups in total. The van der Waals surface area contributed by atoms with Gasteiger partial charge in [0.1, 0.15) is 0 Å². The van der Waals surface area contributed by atoms with E-state index in [1.165, 1.54) is 24.0 Å². The number of nitrogens with two attached hydrogens (primary N) is 1. The molecule has 1 rings (SSSR count). The predicted molar refractivity (Wildman–Crippen MR) is 78.2 cm³/mol. The van der Waals surface area contributed by atoms with Crippen LogP contribution in [0.1, 0.15) is 36.9 Å². The Balaban J connectivity index is 2.89. The molecule has 0 saturated heterocycles. The first-order chi connectivity index (χ1) is 8.06. The topological polar surface area (TPSA) is 29.3 Å². The first kappa shape index (κ1) is 14.1. The summed E-state index contributed by atoms with van der Waals surface area (Å²) in [6, 6.07) is 8.46. The maximum absolute atomic E-state index is 5.88. The van der Waals surface area contributed by atoms with Crippen molar-refractivity contribution in [3.05, 3.63) is 35.4 Å². The summed E-state index contributed by atoms with van der Waals surface area (Å²) in [6.45, 7) is 5.30. The van der Waals surface area contributed by atoms with E-state index in [0.29, 0.717) is 4.99 Å². The maximum Gasteiger partial charge on any atom is 0.0948 e. The van der Waals surface area contributed by atoms with Gasteiger partial charge in [-0.1, -0.05) is 55.4 Å². The minimum atomic E-state index is 0.0523. The highest BCUT2D eigenvalue weighted by Gasteiger charge is 2.19. The van der Waals surface area contributed by atoms with Crippen molar-refractivity contribution in [2.75, 3.05) is 13.6 Å². The molecule has 0 spiro atoms. The van der Waals surface area contributed by atoms with Gasteiger partial charge >= 0.3 is 0 Å². The van der Waals surface area contributed by atoms with Gasteiger partial charge in [-0.15, -0.1) is 0 Å². The van der Waals surface area contributed by atoms with Crippen LogP contribution in [-0.4, -0.2) is 23.5 Å². The quantitative estimate of drug-likeness (QED) is 0.787. The fraction of sp³-hybridized carbons (Fsp3) is 0.500. The lowest BCUT2D eigenvalue weighted by molar-refractivity contribution is 0.296. The van der Waals surface area contributed by atoms with Crippen LogP contribution in [0.4, 0.5) is 0 Å². The van der Waals surface area contributed by atoms with Crippen LogP contribution in [0, 0.1) is 6.92 Å². The van der Waals surface area contributed by atoms with E-state index in [1.807, 2.05) is 0 Å². The minimum absolute atomic E-state index is 0.0523. The van der Waals surface area contributed by atoms with E-state index in [9.17, 15) is 0 Å². The molecule has 1 aromatic carbocycles. The number of likely N-dealkylation sites (N-methyl/N-ethyl adjacent to an activating group) is 1. The maximum atomic E-state index is 5.88. The molecule has 0 radical (unpaired) electrons. The van der Waals surface area contributed by atoms with Gasteiger partial charge in [-0.3, -0.25) is 4.90 Å². The summed E-state index contributed by atoms with van der Waals surface area (Å²) in [5.74, 6) is 0. The van der Waals surface area contributed by atoms with E-state index in [-0.39, 0.29) is 6.04 Å². The summed E-state index contributed by atoms with van der Waals surface area (Å²) in [4.78, 5) is 2.79. The van der Waals surface area contributed by atoms with Gasteiger partial charge in [0.05, 0.1) is 11.0 Å². The lowest BCUT2D eigenvalue weighted by Gasteiger charge is -2.27. The molecule has 0 heterocycles. The van der Waals surface area contributed by atoms with Gasteiger partial charge in [-0.05, 0) is 32.5 Å². The van der Waals surface area contributed by atoms with E-state index in [0.717, 1.165) is 6.54 Å². The molecule has 3 heteroatoms. The molecule has 0 saturated carbocycles. The SMILES string of the molecule is CCCCN(C)C(C(N)=S)c1cccc(C)c1. The highest BCUT2D eigenvalue weighted by atomic mass is 32.1. The third-order valence-electron chi connectivity index (χ3n) is 2.93. The summed E-state index contributed by atoms with van der Waals surface area (Å²) in [6.07, 6.45) is 2.35. The highest BCUT2D eigenvalue weighted by molar-refractivity contribution is 7.80. The molecule has 0 aromatic heterocycles. The van der Waals surface area contributed by atoms with Crippen molar-refractivity contribution in [3.8, 4) is 0 Å². The fourth-order valence-corrected chi connectivity index (χ4v) is 2.33. The van der Waals surface area contributed by atoms with Crippen molar-refractivity contribution in [3.63, 3.8) is 0 Å². The Kier molecular flexibility index (Phi) is 5.59. The second-order valence-corrected chi connectivity index (χ2v) is 5.02. The predicted octanol–water partition coefficient (Wildman–Crippen LogP) is 3.05. The van der Waals surface area contributed by atoms with Gasteiger partial charge in [0, 0.05) is 0 Å². The van der Waals surface area contributed by atoms with Crippen molar-refractivity contribution in [2.45, 2.75) is 32.7 Å². The molecule has 0 amide bonds. The zero-order chi connectivity index (χ0) is 12.8. The van der Waals surface area contributed by atoms with Crippen LogP contribution >= 0.6 is 12.2 Å². The monoisotopic (exact) mass is 250 g/mol. The zero-order valence-corrected chi connectivity index (χ0v) is 11.8. The molecule has 1 atom stereocenters. The Morgan fingerprint density at radius 2 is 2.18 bits per heavy atom. The summed E-state index contributed by atoms with van der Waals surface area (Å²) >= 11 is 5.21. The number of thiocarbonyl (C=S) groups is 1. The van der Waals surface area contributed by atoms with E-state index in [4.69, 9.17) is 18.0 Å². The second kappa shape index (κ2) is 6.72. The standard InChI is InChI=1S/C14H22N2S/c1-4-5-9-16(3)13(14(15)17)12-8-6-7-11(2)10-12/h6-8,10,13H,4-5,9H2,1-3H3,(H2,15,17). The van der Waals surface area contributed by atoms with Gasteiger partial charge in [-0.2, -0.15) is 0 Å². The number of benzene rings is 1. The first-order valence-corrected chi connectivity index (χ1v) is 6.53. The van der Waals surface area contributed by atoms with Gasteiger partial charge < -0.3 is 5.73 Å². The fourth-order valence-electron chi connectivity index (χ4n) is 2.01. The molecule has 2 nitrogen and oxygen atoms in total. The molecule has 0 aliphatic carbocycles. The molecule has 0 fully saturated rings. The van der Waals surface area contributed by atoms with Crippen molar-refractivity contribution in [1.29, 1.82) is 0 Å². The van der Waals surface area contributed by atoms with Crippen molar-refractivity contribution >= 4 is 17.2 Å². The number of hydrogen-bond acceptors (Lipinski definition) is 2. The highest BCUT2D eigenvalue weighted by Crippen LogP contribution is 2.21. The third-order valence-corrected chi connectivity index (χ3v) is 3.16.